The summed E-state index contributed by atoms with van der Waals surface area (Å²) in [6, 6.07) is 16.9. The number of aliphatic hydroxyl groups is 1. The van der Waals surface area contributed by atoms with Crippen molar-refractivity contribution in [2.45, 2.75) is 101 Å². The average Bonchev–Trinajstić information content (AvgIpc) is 3.36. The predicted octanol–water partition coefficient (Wildman–Crippen LogP) is 6.47. The van der Waals surface area contributed by atoms with Gasteiger partial charge in [-0.3, -0.25) is 9.59 Å². The second-order valence-electron chi connectivity index (χ2n) is 14.8. The fourth-order valence-corrected chi connectivity index (χ4v) is 9.31. The van der Waals surface area contributed by atoms with E-state index in [0.717, 1.165) is 24.0 Å². The van der Waals surface area contributed by atoms with Crippen LogP contribution in [0.15, 0.2) is 90.0 Å². The minimum absolute atomic E-state index is 0.171. The lowest BCUT2D eigenvalue weighted by molar-refractivity contribution is -0.421. The fourth-order valence-electron chi connectivity index (χ4n) is 9.31. The molecule has 3 aliphatic carbocycles. The number of carbonyl (C=O) groups excluding carboxylic acids is 1. The van der Waals surface area contributed by atoms with E-state index in [0.29, 0.717) is 41.9 Å². The molecule has 0 aromatic heterocycles. The van der Waals surface area contributed by atoms with Gasteiger partial charge in [-0.15, -0.1) is 0 Å². The van der Waals surface area contributed by atoms with E-state index in [2.05, 4.69) is 20.4 Å². The van der Waals surface area contributed by atoms with Crippen LogP contribution in [-0.2, 0) is 35.6 Å². The number of carboxylic acid groups (broad SMARTS) is 1. The molecule has 0 radical (unpaired) electrons. The van der Waals surface area contributed by atoms with E-state index in [1.807, 2.05) is 49.4 Å². The number of hydrogen-bond donors (Lipinski definition) is 2. The van der Waals surface area contributed by atoms with E-state index in [-0.39, 0.29) is 12.3 Å². The van der Waals surface area contributed by atoms with Gasteiger partial charge in [-0.25, -0.2) is 0 Å². The lowest BCUT2D eigenvalue weighted by Gasteiger charge is -2.59. The molecule has 2 heterocycles. The number of ketones is 1. The van der Waals surface area contributed by atoms with Crippen molar-refractivity contribution in [3.05, 3.63) is 101 Å². The Morgan fingerprint density at radius 2 is 1.81 bits per heavy atom. The number of ether oxygens (including phenoxy) is 4. The maximum atomic E-state index is 14.1. The first-order chi connectivity index (χ1) is 22.8. The van der Waals surface area contributed by atoms with Crippen LogP contribution in [-0.4, -0.2) is 57.5 Å². The molecule has 2 aliphatic heterocycles. The second-order valence-corrected chi connectivity index (χ2v) is 14.8. The number of aliphatic carboxylic acids is 1. The lowest BCUT2D eigenvalue weighted by Crippen LogP contribution is -2.70. The highest BCUT2D eigenvalue weighted by Gasteiger charge is 2.79. The molecule has 2 aromatic carbocycles. The Balaban J connectivity index is 1.41. The molecule has 8 nitrogen and oxygen atoms in total. The van der Waals surface area contributed by atoms with Gasteiger partial charge in [0.15, 0.2) is 5.78 Å². The van der Waals surface area contributed by atoms with Crippen molar-refractivity contribution in [2.75, 3.05) is 6.61 Å². The van der Waals surface area contributed by atoms with Gasteiger partial charge in [-0.05, 0) is 79.5 Å². The van der Waals surface area contributed by atoms with Crippen LogP contribution in [0.5, 0.6) is 5.75 Å². The van der Waals surface area contributed by atoms with Crippen LogP contribution in [0.4, 0.5) is 0 Å². The van der Waals surface area contributed by atoms with Crippen LogP contribution >= 0.6 is 0 Å². The molecule has 9 atom stereocenters. The topological polar surface area (TPSA) is 112 Å². The highest BCUT2D eigenvalue weighted by molar-refractivity contribution is 6.05. The first-order valence-corrected chi connectivity index (χ1v) is 17.2. The molecule has 5 aliphatic rings. The lowest BCUT2D eigenvalue weighted by atomic mass is 9.55. The van der Waals surface area contributed by atoms with Crippen LogP contribution in [0.1, 0.15) is 71.4 Å². The van der Waals surface area contributed by atoms with Crippen LogP contribution < -0.4 is 4.74 Å². The largest absolute Gasteiger partial charge is 0.494 e. The summed E-state index contributed by atoms with van der Waals surface area (Å²) in [6.07, 6.45) is 5.72. The van der Waals surface area contributed by atoms with Gasteiger partial charge < -0.3 is 29.2 Å². The SMILES string of the molecule is C=C(C)C12CC(C)C34OC(Cc5ccccc5)(OC1C3C=C(C(C)(C(=O)O)c1ccc(OCCCC)cc1)CC1(O)C(=O)C(C)=CC14)O2. The quantitative estimate of drug-likeness (QED) is 0.222. The molecule has 3 fully saturated rings. The van der Waals surface area contributed by atoms with Crippen LogP contribution in [0.3, 0.4) is 0 Å². The fraction of sp³-hybridized carbons (Fsp3) is 0.500. The van der Waals surface area contributed by atoms with E-state index < -0.39 is 57.9 Å². The van der Waals surface area contributed by atoms with Gasteiger partial charge in [0, 0.05) is 18.3 Å². The molecule has 2 aromatic rings. The van der Waals surface area contributed by atoms with Crippen molar-refractivity contribution in [1.82, 2.24) is 0 Å². The summed E-state index contributed by atoms with van der Waals surface area (Å²) >= 11 is 0. The molecule has 1 saturated carbocycles. The third kappa shape index (κ3) is 4.49. The number of carboxylic acids is 1. The van der Waals surface area contributed by atoms with E-state index >= 15 is 0 Å². The van der Waals surface area contributed by atoms with Gasteiger partial charge in [0.25, 0.3) is 5.97 Å². The van der Waals surface area contributed by atoms with Gasteiger partial charge >= 0.3 is 5.97 Å². The molecule has 8 heteroatoms. The first-order valence-electron chi connectivity index (χ1n) is 17.2. The molecule has 48 heavy (non-hydrogen) atoms. The van der Waals surface area contributed by atoms with Crippen LogP contribution in [0.25, 0.3) is 0 Å². The molecule has 3 bridgehead atoms. The summed E-state index contributed by atoms with van der Waals surface area (Å²) in [5.41, 5.74) is -2.49. The Bertz CT molecular complexity index is 1710. The third-order valence-electron chi connectivity index (χ3n) is 11.9. The Morgan fingerprint density at radius 1 is 1.10 bits per heavy atom. The molecule has 2 N–H and O–H groups in total. The average molecular weight is 655 g/mol. The Kier molecular flexibility index (Phi) is 7.72. The van der Waals surface area contributed by atoms with Crippen LogP contribution in [0.2, 0.25) is 0 Å². The van der Waals surface area contributed by atoms with Crippen LogP contribution in [0, 0.1) is 17.8 Å². The Labute approximate surface area is 282 Å². The maximum Gasteiger partial charge on any atom is 0.318 e. The molecular weight excluding hydrogens is 608 g/mol. The molecule has 0 amide bonds. The van der Waals surface area contributed by atoms with Gasteiger partial charge in [-0.1, -0.05) is 81.5 Å². The van der Waals surface area contributed by atoms with Gasteiger partial charge in [0.2, 0.25) is 0 Å². The third-order valence-corrected chi connectivity index (χ3v) is 11.9. The summed E-state index contributed by atoms with van der Waals surface area (Å²) in [5, 5.41) is 23.7. The first kappa shape index (κ1) is 33.0. The van der Waals surface area contributed by atoms with Crippen molar-refractivity contribution in [2.24, 2.45) is 17.8 Å². The van der Waals surface area contributed by atoms with Crippen molar-refractivity contribution in [1.29, 1.82) is 0 Å². The van der Waals surface area contributed by atoms with E-state index in [4.69, 9.17) is 18.9 Å². The number of Topliss-reactive ketones (excluding diaryl/α,β-unsaturated/α-hetero) is 1. The summed E-state index contributed by atoms with van der Waals surface area (Å²) in [6.45, 7) is 14.4. The summed E-state index contributed by atoms with van der Waals surface area (Å²) in [4.78, 5) is 27.6. The molecular formula is C40H46O8. The normalized spacial score (nSPS) is 37.5. The second kappa shape index (κ2) is 11.2. The standard InChI is InChI=1S/C40H46O8/c1-7-8-18-45-30-16-14-28(15-17-30)36(6,35(42)43)29-20-31-34-38(24(2)3)21-26(5)40(31,32-19-25(4)33(41)37(32,44)23-29)48-39(46-34,47-38)22-27-12-10-9-11-13-27/h9-17,19-20,26,31-32,34,44H,2,7-8,18,21-23H2,1,3-6H3,(H,42,43). The highest BCUT2D eigenvalue weighted by atomic mass is 16.9. The summed E-state index contributed by atoms with van der Waals surface area (Å²) in [7, 11) is 0. The molecule has 0 spiro atoms. The summed E-state index contributed by atoms with van der Waals surface area (Å²) in [5.74, 6) is -3.91. The zero-order chi connectivity index (χ0) is 34.3. The number of fused-ring (bicyclic) bond motifs is 2. The van der Waals surface area contributed by atoms with Gasteiger partial charge in [0.1, 0.15) is 28.5 Å². The number of hydrogen-bond acceptors (Lipinski definition) is 7. The minimum atomic E-state index is -1.94. The zero-order valence-corrected chi connectivity index (χ0v) is 28.5. The molecule has 9 unspecified atom stereocenters. The summed E-state index contributed by atoms with van der Waals surface area (Å²) < 4.78 is 26.9. The van der Waals surface area contributed by atoms with Crippen molar-refractivity contribution in [3.8, 4) is 5.75 Å². The number of rotatable bonds is 10. The van der Waals surface area contributed by atoms with Crippen molar-refractivity contribution >= 4 is 11.8 Å². The van der Waals surface area contributed by atoms with E-state index in [1.54, 1.807) is 38.1 Å². The van der Waals surface area contributed by atoms with Gasteiger partial charge in [-0.2, -0.15) is 0 Å². The molecule has 2 saturated heterocycles. The molecule has 7 rings (SSSR count). The molecule has 254 valence electrons. The van der Waals surface area contributed by atoms with Gasteiger partial charge in [0.05, 0.1) is 18.6 Å². The minimum Gasteiger partial charge on any atom is -0.494 e. The number of carbonyl (C=O) groups is 2. The highest BCUT2D eigenvalue weighted by Crippen LogP contribution is 2.69. The smallest absolute Gasteiger partial charge is 0.318 e. The monoisotopic (exact) mass is 654 g/mol. The number of unbranched alkanes of at least 4 members (excludes halogenated alkanes) is 1. The van der Waals surface area contributed by atoms with Crippen molar-refractivity contribution < 1.29 is 38.7 Å². The Morgan fingerprint density at radius 3 is 2.46 bits per heavy atom. The van der Waals surface area contributed by atoms with Crippen molar-refractivity contribution in [3.63, 3.8) is 0 Å². The Hall–Kier alpha value is -3.56. The number of benzene rings is 2. The van der Waals surface area contributed by atoms with E-state index in [9.17, 15) is 19.8 Å². The van der Waals surface area contributed by atoms with E-state index in [1.165, 1.54) is 0 Å². The maximum absolute atomic E-state index is 14.1. The predicted molar refractivity (Wildman–Crippen MR) is 179 cm³/mol. The zero-order valence-electron chi connectivity index (χ0n) is 28.5.